The zero-order valence-electron chi connectivity index (χ0n) is 13.9. The van der Waals surface area contributed by atoms with E-state index < -0.39 is 17.8 Å². The Labute approximate surface area is 134 Å². The van der Waals surface area contributed by atoms with Crippen LogP contribution in [0, 0.1) is 0 Å². The van der Waals surface area contributed by atoms with E-state index in [4.69, 9.17) is 19.4 Å². The van der Waals surface area contributed by atoms with Crippen LogP contribution < -0.4 is 0 Å². The molecule has 1 unspecified atom stereocenters. The van der Waals surface area contributed by atoms with E-state index in [1.54, 1.807) is 0 Å². The molecule has 0 saturated carbocycles. The average Bonchev–Trinajstić information content (AvgIpc) is 3.32. The van der Waals surface area contributed by atoms with Gasteiger partial charge < -0.3 is 0 Å². The summed E-state index contributed by atoms with van der Waals surface area (Å²) in [6, 6.07) is 0. The van der Waals surface area contributed by atoms with E-state index >= 15 is 0 Å². The predicted octanol–water partition coefficient (Wildman–Crippen LogP) is 3.39. The zero-order chi connectivity index (χ0) is 15.4. The van der Waals surface area contributed by atoms with E-state index in [1.807, 2.05) is 0 Å². The molecule has 1 aliphatic heterocycles. The van der Waals surface area contributed by atoms with E-state index in [1.165, 1.54) is 0 Å². The summed E-state index contributed by atoms with van der Waals surface area (Å²) in [7, 11) is 0. The van der Waals surface area contributed by atoms with Crippen molar-refractivity contribution in [1.82, 2.24) is 0 Å². The summed E-state index contributed by atoms with van der Waals surface area (Å²) in [4.78, 5) is 0. The number of rotatable bonds is 15. The molecule has 0 amide bonds. The van der Waals surface area contributed by atoms with Crippen molar-refractivity contribution in [2.75, 3.05) is 39.6 Å². The molecule has 1 atom stereocenters. The van der Waals surface area contributed by atoms with Gasteiger partial charge in [0.25, 0.3) is 0 Å². The summed E-state index contributed by atoms with van der Waals surface area (Å²) in [5.74, 6) is 0. The monoisotopic (exact) mass is 340 g/mol. The maximum atomic E-state index is 6.09. The van der Waals surface area contributed by atoms with Gasteiger partial charge in [0.15, 0.2) is 0 Å². The molecule has 0 aromatic carbocycles. The number of hydrogen-bond donors (Lipinski definition) is 0. The third kappa shape index (κ3) is 9.29. The van der Waals surface area contributed by atoms with E-state index in [0.717, 1.165) is 63.4 Å². The normalized spacial score (nSPS) is 18.1. The topological polar surface area (TPSA) is 49.5 Å². The molecule has 126 valence electrons. The van der Waals surface area contributed by atoms with Crippen molar-refractivity contribution >= 4 is 0 Å². The van der Waals surface area contributed by atoms with Gasteiger partial charge in [-0.2, -0.15) is 0 Å². The molecule has 0 aliphatic carbocycles. The summed E-state index contributed by atoms with van der Waals surface area (Å²) in [5, 5.41) is 0. The van der Waals surface area contributed by atoms with Gasteiger partial charge in [-0.15, -0.1) is 0 Å². The third-order valence-electron chi connectivity index (χ3n) is 3.06. The number of hydrogen-bond acceptors (Lipinski definition) is 5. The van der Waals surface area contributed by atoms with Crippen LogP contribution in [-0.2, 0) is 37.2 Å². The average molecular weight is 340 g/mol. The molecule has 0 bridgehead atoms. The van der Waals surface area contributed by atoms with Crippen LogP contribution in [-0.4, -0.2) is 45.7 Å². The van der Waals surface area contributed by atoms with Crippen LogP contribution in [0.15, 0.2) is 0 Å². The number of ether oxygens (including phenoxy) is 2. The molecule has 6 heteroatoms. The molecule has 1 rings (SSSR count). The summed E-state index contributed by atoms with van der Waals surface area (Å²) in [5.41, 5.74) is 0. The second-order valence-electron chi connectivity index (χ2n) is 5.36. The van der Waals surface area contributed by atoms with Crippen molar-refractivity contribution in [1.29, 1.82) is 0 Å². The van der Waals surface area contributed by atoms with E-state index in [-0.39, 0.29) is 0 Å². The first-order chi connectivity index (χ1) is 10.3. The first kappa shape index (κ1) is 19.6. The summed E-state index contributed by atoms with van der Waals surface area (Å²) >= 11 is -3.10. The van der Waals surface area contributed by atoms with Gasteiger partial charge in [0, 0.05) is 0 Å². The van der Waals surface area contributed by atoms with Crippen LogP contribution in [0.1, 0.15) is 46.5 Å². The molecule has 5 nitrogen and oxygen atoms in total. The maximum absolute atomic E-state index is 6.09. The Kier molecular flexibility index (Phi) is 11.2. The zero-order valence-corrected chi connectivity index (χ0v) is 15.5. The molecular formula is C15H32O5Ti. The van der Waals surface area contributed by atoms with Crippen LogP contribution in [0.2, 0.25) is 4.73 Å². The van der Waals surface area contributed by atoms with Crippen LogP contribution in [0.4, 0.5) is 0 Å². The molecule has 21 heavy (non-hydrogen) atoms. The number of epoxide rings is 1. The fourth-order valence-corrected chi connectivity index (χ4v) is 6.27. The predicted molar refractivity (Wildman–Crippen MR) is 78.7 cm³/mol. The fraction of sp³-hybridized carbons (Fsp3) is 1.00. The van der Waals surface area contributed by atoms with Crippen molar-refractivity contribution in [2.24, 2.45) is 0 Å². The fourth-order valence-electron chi connectivity index (χ4n) is 1.88. The SMILES string of the molecule is CCC[O][Ti]([CH2]CCOCC1CO1)([O]CCC)[O]CCC. The Morgan fingerprint density at radius 2 is 1.43 bits per heavy atom. The van der Waals surface area contributed by atoms with Gasteiger partial charge in [0.2, 0.25) is 0 Å². The van der Waals surface area contributed by atoms with Crippen LogP contribution in [0.3, 0.4) is 0 Å². The molecule has 0 radical (unpaired) electrons. The molecule has 0 aromatic heterocycles. The quantitative estimate of drug-likeness (QED) is 0.260. The Hall–Kier alpha value is 0.514. The molecule has 1 saturated heterocycles. The van der Waals surface area contributed by atoms with Gasteiger partial charge in [-0.1, -0.05) is 0 Å². The molecule has 1 heterocycles. The van der Waals surface area contributed by atoms with E-state index in [0.29, 0.717) is 12.7 Å². The molecular weight excluding hydrogens is 308 g/mol. The van der Waals surface area contributed by atoms with E-state index in [9.17, 15) is 0 Å². The van der Waals surface area contributed by atoms with Crippen LogP contribution in [0.25, 0.3) is 0 Å². The standard InChI is InChI=1S/C6H11O2.3C3H7O.Ti/c1-2-3-7-4-6-5-8-6;3*1-2-3-4;/h6H,1-5H2;3*2-3H2,1H3;/q;3*-1;+3. The van der Waals surface area contributed by atoms with Crippen LogP contribution >= 0.6 is 0 Å². The van der Waals surface area contributed by atoms with Crippen molar-refractivity contribution in [2.45, 2.75) is 57.3 Å². The summed E-state index contributed by atoms with van der Waals surface area (Å²) < 4.78 is 29.9. The van der Waals surface area contributed by atoms with Crippen molar-refractivity contribution in [3.8, 4) is 0 Å². The summed E-state index contributed by atoms with van der Waals surface area (Å²) in [6.07, 6.45) is 4.25. The molecule has 1 fully saturated rings. The minimum atomic E-state index is -3.10. The van der Waals surface area contributed by atoms with Crippen molar-refractivity contribution < 1.29 is 37.2 Å². The van der Waals surface area contributed by atoms with Gasteiger partial charge in [-0.25, -0.2) is 0 Å². The molecule has 0 N–H and O–H groups in total. The van der Waals surface area contributed by atoms with Crippen molar-refractivity contribution in [3.63, 3.8) is 0 Å². The Bertz CT molecular complexity index is 226. The molecule has 1 aliphatic rings. The Balaban J connectivity index is 2.35. The first-order valence-electron chi connectivity index (χ1n) is 8.37. The third-order valence-corrected chi connectivity index (χ3v) is 7.58. The van der Waals surface area contributed by atoms with Gasteiger partial charge in [-0.3, -0.25) is 0 Å². The van der Waals surface area contributed by atoms with Gasteiger partial charge in [-0.05, 0) is 0 Å². The molecule has 0 spiro atoms. The Morgan fingerprint density at radius 3 is 1.86 bits per heavy atom. The van der Waals surface area contributed by atoms with Crippen LogP contribution in [0.5, 0.6) is 0 Å². The first-order valence-corrected chi connectivity index (χ1v) is 11.4. The van der Waals surface area contributed by atoms with Gasteiger partial charge >= 0.3 is 134 Å². The second kappa shape index (κ2) is 12.0. The van der Waals surface area contributed by atoms with Crippen molar-refractivity contribution in [3.05, 3.63) is 0 Å². The summed E-state index contributed by atoms with van der Waals surface area (Å²) in [6.45, 7) is 10.8. The van der Waals surface area contributed by atoms with Gasteiger partial charge in [0.1, 0.15) is 0 Å². The second-order valence-corrected chi connectivity index (χ2v) is 9.63. The molecule has 0 aromatic rings. The Morgan fingerprint density at radius 1 is 0.905 bits per heavy atom. The van der Waals surface area contributed by atoms with E-state index in [2.05, 4.69) is 20.8 Å². The van der Waals surface area contributed by atoms with Gasteiger partial charge in [0.05, 0.1) is 0 Å². The minimum absolute atomic E-state index is 0.334.